The van der Waals surface area contributed by atoms with E-state index in [0.717, 1.165) is 5.56 Å². The van der Waals surface area contributed by atoms with Crippen molar-refractivity contribution >= 4 is 60.4 Å². The second-order valence-corrected chi connectivity index (χ2v) is 10.5. The topological polar surface area (TPSA) is 110 Å². The predicted molar refractivity (Wildman–Crippen MR) is 126 cm³/mol. The van der Waals surface area contributed by atoms with E-state index in [2.05, 4.69) is 26.0 Å². The van der Waals surface area contributed by atoms with Crippen LogP contribution in [0.1, 0.15) is 12.0 Å². The van der Waals surface area contributed by atoms with Gasteiger partial charge < -0.3 is 9.73 Å². The third-order valence-corrected chi connectivity index (χ3v) is 7.45. The van der Waals surface area contributed by atoms with E-state index < -0.39 is 27.7 Å². The Morgan fingerprint density at radius 2 is 2.00 bits per heavy atom. The van der Waals surface area contributed by atoms with Crippen LogP contribution in [0.25, 0.3) is 11.1 Å². The number of amides is 1. The number of thioether (sulfide) groups is 1. The number of sulfonamides is 1. The summed E-state index contributed by atoms with van der Waals surface area (Å²) >= 11 is 4.92. The fourth-order valence-electron chi connectivity index (χ4n) is 2.96. The molecule has 0 bridgehead atoms. The van der Waals surface area contributed by atoms with E-state index in [9.17, 15) is 18.0 Å². The molecular formula is C20H22BrN3O5S2. The van der Waals surface area contributed by atoms with Crippen molar-refractivity contribution in [2.75, 3.05) is 17.3 Å². The van der Waals surface area contributed by atoms with Gasteiger partial charge in [0.1, 0.15) is 6.04 Å². The first kappa shape index (κ1) is 23.6. The molecule has 0 aliphatic heterocycles. The molecule has 3 rings (SSSR count). The zero-order valence-corrected chi connectivity index (χ0v) is 20.4. The van der Waals surface area contributed by atoms with Gasteiger partial charge >= 0.3 is 5.76 Å². The van der Waals surface area contributed by atoms with Crippen LogP contribution in [0.4, 0.5) is 5.69 Å². The minimum atomic E-state index is -4.04. The van der Waals surface area contributed by atoms with Crippen molar-refractivity contribution in [3.8, 4) is 0 Å². The van der Waals surface area contributed by atoms with E-state index >= 15 is 0 Å². The van der Waals surface area contributed by atoms with E-state index in [1.165, 1.54) is 41.6 Å². The highest BCUT2D eigenvalue weighted by Gasteiger charge is 2.26. The maximum atomic E-state index is 13.0. The molecule has 0 radical (unpaired) electrons. The Hall–Kier alpha value is -2.08. The van der Waals surface area contributed by atoms with Gasteiger partial charge in [0.15, 0.2) is 5.58 Å². The van der Waals surface area contributed by atoms with Crippen molar-refractivity contribution in [3.05, 3.63) is 57.0 Å². The molecule has 166 valence electrons. The Kier molecular flexibility index (Phi) is 7.30. The number of benzene rings is 2. The Morgan fingerprint density at radius 3 is 2.68 bits per heavy atom. The van der Waals surface area contributed by atoms with E-state index in [0.29, 0.717) is 27.9 Å². The van der Waals surface area contributed by atoms with Crippen LogP contribution in [0.5, 0.6) is 0 Å². The number of rotatable bonds is 8. The van der Waals surface area contributed by atoms with Crippen molar-refractivity contribution in [2.45, 2.75) is 24.3 Å². The monoisotopic (exact) mass is 527 g/mol. The first-order chi connectivity index (χ1) is 14.6. The molecule has 0 aliphatic carbocycles. The number of carbonyl (C=O) groups excluding carboxylic acids is 1. The standard InChI is InChI=1S/C20H22BrN3O5S2/c1-12-4-6-15(14(21)10-12)22-19(25)16(8-9-30-3)23-31(27,28)13-5-7-17-18(11-13)29-20(26)24(17)2/h4-7,10-11,16,23H,8-9H2,1-3H3,(H,22,25)/t16-/m1/s1. The van der Waals surface area contributed by atoms with Crippen LogP contribution in [0.2, 0.25) is 0 Å². The van der Waals surface area contributed by atoms with Crippen molar-refractivity contribution < 1.29 is 17.6 Å². The average Bonchev–Trinajstić information content (AvgIpc) is 3.00. The van der Waals surface area contributed by atoms with Crippen molar-refractivity contribution in [3.63, 3.8) is 0 Å². The van der Waals surface area contributed by atoms with Gasteiger partial charge in [0.25, 0.3) is 0 Å². The zero-order chi connectivity index (χ0) is 22.8. The minimum Gasteiger partial charge on any atom is -0.408 e. The van der Waals surface area contributed by atoms with Crippen LogP contribution in [0.15, 0.2) is 55.0 Å². The van der Waals surface area contributed by atoms with Gasteiger partial charge in [-0.2, -0.15) is 16.5 Å². The highest BCUT2D eigenvalue weighted by atomic mass is 79.9. The minimum absolute atomic E-state index is 0.0900. The van der Waals surface area contributed by atoms with E-state index in [1.807, 2.05) is 25.3 Å². The molecular weight excluding hydrogens is 506 g/mol. The molecule has 1 heterocycles. The second-order valence-electron chi connectivity index (χ2n) is 6.98. The molecule has 11 heteroatoms. The number of fused-ring (bicyclic) bond motifs is 1. The zero-order valence-electron chi connectivity index (χ0n) is 17.1. The first-order valence-corrected chi connectivity index (χ1v) is 13.0. The number of aromatic nitrogens is 1. The molecule has 1 amide bonds. The molecule has 3 aromatic rings. The maximum absolute atomic E-state index is 13.0. The molecule has 8 nitrogen and oxygen atoms in total. The number of carbonyl (C=O) groups is 1. The fourth-order valence-corrected chi connectivity index (χ4v) is 5.27. The van der Waals surface area contributed by atoms with Crippen LogP contribution in [-0.2, 0) is 21.9 Å². The number of hydrogen-bond donors (Lipinski definition) is 2. The molecule has 0 saturated carbocycles. The summed E-state index contributed by atoms with van der Waals surface area (Å²) in [5, 5.41) is 2.78. The lowest BCUT2D eigenvalue weighted by atomic mass is 10.2. The molecule has 1 atom stereocenters. The number of hydrogen-bond acceptors (Lipinski definition) is 6. The summed E-state index contributed by atoms with van der Waals surface area (Å²) in [5.74, 6) is -0.463. The lowest BCUT2D eigenvalue weighted by Gasteiger charge is -2.19. The van der Waals surface area contributed by atoms with Gasteiger partial charge in [0.2, 0.25) is 15.9 Å². The van der Waals surface area contributed by atoms with Crippen molar-refractivity contribution in [1.82, 2.24) is 9.29 Å². The Bertz CT molecular complexity index is 1280. The van der Waals surface area contributed by atoms with Gasteiger partial charge in [0, 0.05) is 17.6 Å². The van der Waals surface area contributed by atoms with Crippen molar-refractivity contribution in [2.24, 2.45) is 7.05 Å². The molecule has 0 aliphatic rings. The average molecular weight is 528 g/mol. The lowest BCUT2D eigenvalue weighted by Crippen LogP contribution is -2.44. The maximum Gasteiger partial charge on any atom is 0.419 e. The van der Waals surface area contributed by atoms with Gasteiger partial charge in [-0.3, -0.25) is 9.36 Å². The quantitative estimate of drug-likeness (QED) is 0.465. The van der Waals surface area contributed by atoms with Gasteiger partial charge in [-0.15, -0.1) is 0 Å². The molecule has 2 N–H and O–H groups in total. The van der Waals surface area contributed by atoms with Crippen LogP contribution in [0.3, 0.4) is 0 Å². The van der Waals surface area contributed by atoms with E-state index in [1.54, 1.807) is 6.07 Å². The van der Waals surface area contributed by atoms with Crippen LogP contribution < -0.4 is 15.8 Å². The first-order valence-electron chi connectivity index (χ1n) is 9.30. The number of oxazole rings is 1. The molecule has 1 aromatic heterocycles. The highest BCUT2D eigenvalue weighted by molar-refractivity contribution is 9.10. The third-order valence-electron chi connectivity index (χ3n) is 4.68. The summed E-state index contributed by atoms with van der Waals surface area (Å²) in [6.07, 6.45) is 2.18. The highest BCUT2D eigenvalue weighted by Crippen LogP contribution is 2.24. The van der Waals surface area contributed by atoms with E-state index in [-0.39, 0.29) is 10.5 Å². The summed E-state index contributed by atoms with van der Waals surface area (Å²) in [6.45, 7) is 1.93. The summed E-state index contributed by atoms with van der Waals surface area (Å²) < 4.78 is 35.5. The summed E-state index contributed by atoms with van der Waals surface area (Å²) in [6, 6.07) is 8.63. The molecule has 2 aromatic carbocycles. The third kappa shape index (κ3) is 5.40. The van der Waals surface area contributed by atoms with E-state index in [4.69, 9.17) is 4.42 Å². The summed E-state index contributed by atoms with van der Waals surface area (Å²) in [4.78, 5) is 24.5. The molecule has 0 spiro atoms. The Labute approximate surface area is 192 Å². The fraction of sp³-hybridized carbons (Fsp3) is 0.300. The predicted octanol–water partition coefficient (Wildman–Crippen LogP) is 3.24. The van der Waals surface area contributed by atoms with Gasteiger partial charge in [-0.25, -0.2) is 13.2 Å². The normalized spacial score (nSPS) is 12.8. The van der Waals surface area contributed by atoms with Gasteiger partial charge in [-0.05, 0) is 71.1 Å². The Morgan fingerprint density at radius 1 is 1.26 bits per heavy atom. The van der Waals surface area contributed by atoms with Crippen LogP contribution in [0, 0.1) is 6.92 Å². The number of aryl methyl sites for hydroxylation is 2. The largest absolute Gasteiger partial charge is 0.419 e. The Balaban J connectivity index is 1.86. The van der Waals surface area contributed by atoms with Crippen molar-refractivity contribution in [1.29, 1.82) is 0 Å². The molecule has 0 unspecified atom stereocenters. The lowest BCUT2D eigenvalue weighted by molar-refractivity contribution is -0.117. The van der Waals surface area contributed by atoms with Gasteiger partial charge in [0.05, 0.1) is 16.1 Å². The van der Waals surface area contributed by atoms with Crippen LogP contribution in [-0.4, -0.2) is 36.9 Å². The number of nitrogens with one attached hydrogen (secondary N) is 2. The molecule has 0 fully saturated rings. The number of nitrogens with zero attached hydrogens (tertiary/aromatic N) is 1. The second kappa shape index (κ2) is 9.60. The number of halogens is 1. The van der Waals surface area contributed by atoms with Gasteiger partial charge in [-0.1, -0.05) is 6.07 Å². The molecule has 31 heavy (non-hydrogen) atoms. The summed E-state index contributed by atoms with van der Waals surface area (Å²) in [7, 11) is -2.51. The smallest absolute Gasteiger partial charge is 0.408 e. The van der Waals surface area contributed by atoms with Crippen LogP contribution >= 0.6 is 27.7 Å². The number of anilines is 1. The molecule has 0 saturated heterocycles. The summed E-state index contributed by atoms with van der Waals surface area (Å²) in [5.41, 5.74) is 2.21. The SMILES string of the molecule is CSCC[C@@H](NS(=O)(=O)c1ccc2c(c1)oc(=O)n2C)C(=O)Nc1ccc(C)cc1Br.